The lowest BCUT2D eigenvalue weighted by atomic mass is 10.3. The van der Waals surface area contributed by atoms with Crippen molar-refractivity contribution < 1.29 is 36.2 Å². The predicted molar refractivity (Wildman–Crippen MR) is 50.6 cm³/mol. The average Bonchev–Trinajstić information content (AvgIpc) is 2.25. The Hall–Kier alpha value is -2.13. The van der Waals surface area contributed by atoms with E-state index in [1.54, 1.807) is 0 Å². The van der Waals surface area contributed by atoms with Gasteiger partial charge in [0.2, 0.25) is 0 Å². The van der Waals surface area contributed by atoms with E-state index in [0.29, 0.717) is 0 Å². The first-order valence-corrected chi connectivity index (χ1v) is 4.63. The summed E-state index contributed by atoms with van der Waals surface area (Å²) in [4.78, 5) is 13.6. The predicted octanol–water partition coefficient (Wildman–Crippen LogP) is 1.48. The molecule has 5 nitrogen and oxygen atoms in total. The van der Waals surface area contributed by atoms with Crippen LogP contribution in [-0.2, 0) is 4.79 Å². The zero-order valence-corrected chi connectivity index (χ0v) is 9.08. The number of rotatable bonds is 5. The number of primary amides is 1. The number of hydrogen-bond acceptors (Lipinski definition) is 4. The van der Waals surface area contributed by atoms with E-state index in [-0.39, 0.29) is 0 Å². The summed E-state index contributed by atoms with van der Waals surface area (Å²) in [6, 6.07) is 1.90. The molecule has 0 radical (unpaired) electrons. The van der Waals surface area contributed by atoms with Gasteiger partial charge in [0, 0.05) is 6.20 Å². The van der Waals surface area contributed by atoms with Crippen molar-refractivity contribution in [3.8, 4) is 11.6 Å². The molecule has 0 bridgehead atoms. The number of carbonyl (C=O) groups excluding carboxylic acids is 1. The van der Waals surface area contributed by atoms with Gasteiger partial charge in [-0.3, -0.25) is 4.79 Å². The summed E-state index contributed by atoms with van der Waals surface area (Å²) in [5, 5.41) is 0. The maximum atomic E-state index is 12.8. The highest BCUT2D eigenvalue weighted by Gasteiger charge is 2.39. The molecule has 0 unspecified atom stereocenters. The van der Waals surface area contributed by atoms with Crippen LogP contribution in [0, 0.1) is 0 Å². The van der Waals surface area contributed by atoms with Gasteiger partial charge in [-0.2, -0.15) is 8.78 Å². The number of alkyl halides is 5. The summed E-state index contributed by atoms with van der Waals surface area (Å²) in [5.74, 6) is -7.75. The SMILES string of the molecule is NC(=O)C(F)(F)COc1ncccc1OC(F)(F)F. The van der Waals surface area contributed by atoms with Crippen LogP contribution in [0.25, 0.3) is 0 Å². The normalized spacial score (nSPS) is 12.1. The molecule has 2 N–H and O–H groups in total. The van der Waals surface area contributed by atoms with Gasteiger partial charge in [0.1, 0.15) is 0 Å². The number of halogens is 5. The maximum Gasteiger partial charge on any atom is 0.573 e. The Kier molecular flexibility index (Phi) is 4.12. The highest BCUT2D eigenvalue weighted by molar-refractivity contribution is 5.81. The van der Waals surface area contributed by atoms with E-state index in [0.717, 1.165) is 18.3 Å². The van der Waals surface area contributed by atoms with E-state index in [1.165, 1.54) is 0 Å². The Morgan fingerprint density at radius 2 is 1.95 bits per heavy atom. The lowest BCUT2D eigenvalue weighted by Crippen LogP contribution is -2.40. The zero-order valence-electron chi connectivity index (χ0n) is 9.08. The van der Waals surface area contributed by atoms with Crippen molar-refractivity contribution in [3.63, 3.8) is 0 Å². The number of pyridine rings is 1. The lowest BCUT2D eigenvalue weighted by molar-refractivity contribution is -0.275. The van der Waals surface area contributed by atoms with Crippen molar-refractivity contribution in [1.82, 2.24) is 4.98 Å². The van der Waals surface area contributed by atoms with Gasteiger partial charge in [-0.25, -0.2) is 4.98 Å². The van der Waals surface area contributed by atoms with Crippen molar-refractivity contribution in [2.24, 2.45) is 5.73 Å². The summed E-state index contributed by atoms with van der Waals surface area (Å²) in [6.07, 6.45) is -4.03. The Morgan fingerprint density at radius 3 is 2.47 bits per heavy atom. The second-order valence-corrected chi connectivity index (χ2v) is 3.21. The summed E-state index contributed by atoms with van der Waals surface area (Å²) in [7, 11) is 0. The summed E-state index contributed by atoms with van der Waals surface area (Å²) >= 11 is 0. The molecule has 10 heteroatoms. The minimum atomic E-state index is -5.03. The fourth-order valence-corrected chi connectivity index (χ4v) is 0.917. The molecular weight excluding hydrogens is 279 g/mol. The van der Waals surface area contributed by atoms with Crippen molar-refractivity contribution in [2.45, 2.75) is 12.3 Å². The van der Waals surface area contributed by atoms with Crippen LogP contribution in [-0.4, -0.2) is 29.8 Å². The molecule has 0 aliphatic heterocycles. The van der Waals surface area contributed by atoms with E-state index in [2.05, 4.69) is 20.2 Å². The molecule has 1 aromatic heterocycles. The smallest absolute Gasteiger partial charge is 0.468 e. The van der Waals surface area contributed by atoms with E-state index in [1.807, 2.05) is 0 Å². The number of ether oxygens (including phenoxy) is 2. The molecule has 0 fully saturated rings. The van der Waals surface area contributed by atoms with Crippen LogP contribution in [0.5, 0.6) is 11.6 Å². The molecule has 1 rings (SSSR count). The minimum Gasteiger partial charge on any atom is -0.468 e. The van der Waals surface area contributed by atoms with E-state index >= 15 is 0 Å². The van der Waals surface area contributed by atoms with Crippen molar-refractivity contribution in [1.29, 1.82) is 0 Å². The van der Waals surface area contributed by atoms with Crippen molar-refractivity contribution >= 4 is 5.91 Å². The molecule has 0 aliphatic rings. The number of hydrogen-bond donors (Lipinski definition) is 1. The van der Waals surface area contributed by atoms with Crippen LogP contribution in [0.3, 0.4) is 0 Å². The fourth-order valence-electron chi connectivity index (χ4n) is 0.917. The van der Waals surface area contributed by atoms with Gasteiger partial charge >= 0.3 is 12.3 Å². The van der Waals surface area contributed by atoms with Gasteiger partial charge < -0.3 is 15.2 Å². The molecule has 0 aliphatic carbocycles. The number of nitrogens with zero attached hydrogens (tertiary/aromatic N) is 1. The van der Waals surface area contributed by atoms with Crippen molar-refractivity contribution in [2.75, 3.05) is 6.61 Å². The first kappa shape index (κ1) is 14.9. The first-order chi connectivity index (χ1) is 8.62. The Labute approximate surface area is 103 Å². The molecule has 0 atom stereocenters. The van der Waals surface area contributed by atoms with Crippen LogP contribution in [0.2, 0.25) is 0 Å². The van der Waals surface area contributed by atoms with Gasteiger partial charge in [0.15, 0.2) is 12.4 Å². The third-order valence-electron chi connectivity index (χ3n) is 1.71. The highest BCUT2D eigenvalue weighted by atomic mass is 19.4. The molecule has 106 valence electrons. The standard InChI is InChI=1S/C9H7F5N2O3/c10-8(11,7(15)17)4-18-6-5(2-1-3-16-6)19-9(12,13)14/h1-3H,4H2,(H2,15,17). The third-order valence-corrected chi connectivity index (χ3v) is 1.71. The average molecular weight is 286 g/mol. The van der Waals surface area contributed by atoms with E-state index < -0.39 is 36.4 Å². The quantitative estimate of drug-likeness (QED) is 0.832. The van der Waals surface area contributed by atoms with E-state index in [9.17, 15) is 26.7 Å². The molecular formula is C9H7F5N2O3. The molecule has 0 spiro atoms. The van der Waals surface area contributed by atoms with Gasteiger partial charge in [-0.05, 0) is 12.1 Å². The number of aromatic nitrogens is 1. The third kappa shape index (κ3) is 4.56. The Balaban J connectivity index is 2.82. The molecule has 0 saturated heterocycles. The molecule has 1 amide bonds. The van der Waals surface area contributed by atoms with Crippen LogP contribution in [0.1, 0.15) is 0 Å². The number of nitrogens with two attached hydrogens (primary N) is 1. The fraction of sp³-hybridized carbons (Fsp3) is 0.333. The van der Waals surface area contributed by atoms with Gasteiger partial charge in [0.05, 0.1) is 0 Å². The van der Waals surface area contributed by atoms with Gasteiger partial charge in [-0.1, -0.05) is 0 Å². The molecule has 1 aromatic rings. The first-order valence-electron chi connectivity index (χ1n) is 4.63. The minimum absolute atomic E-state index is 0.818. The van der Waals surface area contributed by atoms with Gasteiger partial charge in [-0.15, -0.1) is 13.2 Å². The van der Waals surface area contributed by atoms with E-state index in [4.69, 9.17) is 0 Å². The maximum absolute atomic E-state index is 12.8. The summed E-state index contributed by atoms with van der Waals surface area (Å²) in [5.41, 5.74) is 4.37. The van der Waals surface area contributed by atoms with Gasteiger partial charge in [0.25, 0.3) is 11.8 Å². The molecule has 1 heterocycles. The topological polar surface area (TPSA) is 74.4 Å². The van der Waals surface area contributed by atoms with Crippen LogP contribution in [0.15, 0.2) is 18.3 Å². The summed E-state index contributed by atoms with van der Waals surface area (Å²) < 4.78 is 69.4. The lowest BCUT2D eigenvalue weighted by Gasteiger charge is -2.15. The second kappa shape index (κ2) is 5.24. The number of carbonyl (C=O) groups is 1. The zero-order chi connectivity index (χ0) is 14.7. The van der Waals surface area contributed by atoms with Crippen molar-refractivity contribution in [3.05, 3.63) is 18.3 Å². The highest BCUT2D eigenvalue weighted by Crippen LogP contribution is 2.30. The molecule has 0 saturated carbocycles. The second-order valence-electron chi connectivity index (χ2n) is 3.21. The molecule has 0 aromatic carbocycles. The summed E-state index contributed by atoms with van der Waals surface area (Å²) in [6.45, 7) is -1.55. The Morgan fingerprint density at radius 1 is 1.32 bits per heavy atom. The van der Waals surface area contributed by atoms with Crippen LogP contribution >= 0.6 is 0 Å². The largest absolute Gasteiger partial charge is 0.573 e. The molecule has 19 heavy (non-hydrogen) atoms. The van der Waals surface area contributed by atoms with Crippen LogP contribution < -0.4 is 15.2 Å². The monoisotopic (exact) mass is 286 g/mol. The Bertz CT molecular complexity index is 463. The number of amides is 1. The van der Waals surface area contributed by atoms with Crippen LogP contribution in [0.4, 0.5) is 22.0 Å².